The smallest absolute Gasteiger partial charge is 0.338 e. The zero-order valence-corrected chi connectivity index (χ0v) is 9.16. The van der Waals surface area contributed by atoms with E-state index in [1.165, 1.54) is 19.2 Å². The van der Waals surface area contributed by atoms with Crippen molar-refractivity contribution in [3.05, 3.63) is 34.6 Å². The number of rotatable bonds is 3. The van der Waals surface area contributed by atoms with E-state index in [-0.39, 0.29) is 17.7 Å². The van der Waals surface area contributed by atoms with Crippen LogP contribution in [-0.4, -0.2) is 24.7 Å². The molecule has 0 aromatic heterocycles. The molecule has 0 amide bonds. The van der Waals surface area contributed by atoms with Crippen LogP contribution < -0.4 is 5.73 Å². The highest BCUT2D eigenvalue weighted by Gasteiger charge is 2.17. The average Bonchev–Trinajstić information content (AvgIpc) is 2.27. The Kier molecular flexibility index (Phi) is 3.98. The summed E-state index contributed by atoms with van der Waals surface area (Å²) in [6, 6.07) is 2.45. The van der Waals surface area contributed by atoms with Crippen LogP contribution in [0.1, 0.15) is 27.6 Å². The maximum Gasteiger partial charge on any atom is 0.338 e. The van der Waals surface area contributed by atoms with Crippen molar-refractivity contribution in [2.45, 2.75) is 13.0 Å². The first-order chi connectivity index (χ1) is 7.51. The molecule has 1 unspecified atom stereocenters. The molecule has 5 heteroatoms. The molecule has 3 N–H and O–H groups in total. The number of hydrogen-bond acceptors (Lipinski definition) is 4. The first-order valence-corrected chi connectivity index (χ1v) is 4.77. The van der Waals surface area contributed by atoms with Gasteiger partial charge in [0.1, 0.15) is 5.82 Å². The van der Waals surface area contributed by atoms with Gasteiger partial charge in [0.15, 0.2) is 0 Å². The van der Waals surface area contributed by atoms with Gasteiger partial charge in [0.05, 0.1) is 18.8 Å². The minimum atomic E-state index is -1.12. The number of methoxy groups -OCH3 is 1. The quantitative estimate of drug-likeness (QED) is 0.753. The van der Waals surface area contributed by atoms with Gasteiger partial charge in [-0.05, 0) is 24.6 Å². The van der Waals surface area contributed by atoms with E-state index in [9.17, 15) is 14.3 Å². The number of esters is 1. The summed E-state index contributed by atoms with van der Waals surface area (Å²) in [5, 5.41) is 9.46. The fourth-order valence-electron chi connectivity index (χ4n) is 1.40. The molecular formula is C11H14FNO3. The highest BCUT2D eigenvalue weighted by Crippen LogP contribution is 2.21. The van der Waals surface area contributed by atoms with E-state index in [1.54, 1.807) is 6.92 Å². The highest BCUT2D eigenvalue weighted by atomic mass is 19.1. The lowest BCUT2D eigenvalue weighted by atomic mass is 10.0. The number of halogens is 1. The van der Waals surface area contributed by atoms with Crippen LogP contribution in [0.4, 0.5) is 4.39 Å². The van der Waals surface area contributed by atoms with E-state index < -0.39 is 17.9 Å². The number of aliphatic hydroxyl groups is 1. The number of nitrogens with two attached hydrogens (primary N) is 1. The van der Waals surface area contributed by atoms with E-state index in [2.05, 4.69) is 4.74 Å². The van der Waals surface area contributed by atoms with Crippen molar-refractivity contribution in [3.8, 4) is 0 Å². The fraction of sp³-hybridized carbons (Fsp3) is 0.364. The monoisotopic (exact) mass is 227 g/mol. The Morgan fingerprint density at radius 1 is 1.62 bits per heavy atom. The van der Waals surface area contributed by atoms with Crippen molar-refractivity contribution in [3.63, 3.8) is 0 Å². The molecule has 88 valence electrons. The molecule has 1 aromatic carbocycles. The van der Waals surface area contributed by atoms with Gasteiger partial charge in [-0.3, -0.25) is 0 Å². The van der Waals surface area contributed by atoms with Gasteiger partial charge < -0.3 is 15.6 Å². The van der Waals surface area contributed by atoms with E-state index >= 15 is 0 Å². The molecule has 0 spiro atoms. The van der Waals surface area contributed by atoms with Gasteiger partial charge in [0.25, 0.3) is 0 Å². The summed E-state index contributed by atoms with van der Waals surface area (Å²) < 4.78 is 18.0. The molecule has 0 aliphatic carbocycles. The van der Waals surface area contributed by atoms with Crippen molar-refractivity contribution in [2.75, 3.05) is 13.7 Å². The second kappa shape index (κ2) is 5.05. The second-order valence-corrected chi connectivity index (χ2v) is 3.43. The van der Waals surface area contributed by atoms with Gasteiger partial charge in [-0.25, -0.2) is 9.18 Å². The van der Waals surface area contributed by atoms with Crippen LogP contribution in [0, 0.1) is 12.7 Å². The Morgan fingerprint density at radius 2 is 2.25 bits per heavy atom. The highest BCUT2D eigenvalue weighted by molar-refractivity contribution is 5.91. The number of ether oxygens (including phenoxy) is 1. The summed E-state index contributed by atoms with van der Waals surface area (Å²) in [5.74, 6) is -1.15. The molecule has 0 aliphatic rings. The zero-order chi connectivity index (χ0) is 12.3. The van der Waals surface area contributed by atoms with Crippen molar-refractivity contribution < 1.29 is 19.0 Å². The van der Waals surface area contributed by atoms with Crippen LogP contribution in [0.2, 0.25) is 0 Å². The molecular weight excluding hydrogens is 213 g/mol. The minimum absolute atomic E-state index is 0.00787. The van der Waals surface area contributed by atoms with Gasteiger partial charge in [0, 0.05) is 12.1 Å². The van der Waals surface area contributed by atoms with E-state index in [4.69, 9.17) is 5.73 Å². The zero-order valence-electron chi connectivity index (χ0n) is 9.16. The summed E-state index contributed by atoms with van der Waals surface area (Å²) in [7, 11) is 1.24. The lowest BCUT2D eigenvalue weighted by Crippen LogP contribution is -2.15. The Hall–Kier alpha value is -1.46. The minimum Gasteiger partial charge on any atom is -0.465 e. The van der Waals surface area contributed by atoms with Gasteiger partial charge in [0.2, 0.25) is 0 Å². The third-order valence-electron chi connectivity index (χ3n) is 2.33. The SMILES string of the molecule is COC(=O)c1cc(C(O)CN)c(F)cc1C. The Balaban J connectivity index is 3.26. The number of carbonyl (C=O) groups is 1. The summed E-state index contributed by atoms with van der Waals surface area (Å²) in [5.41, 5.74) is 5.93. The topological polar surface area (TPSA) is 72.5 Å². The Morgan fingerprint density at radius 3 is 2.75 bits per heavy atom. The normalized spacial score (nSPS) is 12.3. The van der Waals surface area contributed by atoms with Crippen LogP contribution in [0.3, 0.4) is 0 Å². The average molecular weight is 227 g/mol. The first kappa shape index (κ1) is 12.6. The van der Waals surface area contributed by atoms with Crippen LogP contribution >= 0.6 is 0 Å². The molecule has 0 bridgehead atoms. The number of aryl methyl sites for hydroxylation is 1. The molecule has 0 radical (unpaired) electrons. The van der Waals surface area contributed by atoms with E-state index in [0.717, 1.165) is 0 Å². The molecule has 16 heavy (non-hydrogen) atoms. The summed E-state index contributed by atoms with van der Waals surface area (Å²) in [6.07, 6.45) is -1.12. The van der Waals surface area contributed by atoms with Crippen LogP contribution in [0.25, 0.3) is 0 Å². The van der Waals surface area contributed by atoms with E-state index in [0.29, 0.717) is 5.56 Å². The molecule has 4 nitrogen and oxygen atoms in total. The van der Waals surface area contributed by atoms with Crippen LogP contribution in [-0.2, 0) is 4.74 Å². The fourth-order valence-corrected chi connectivity index (χ4v) is 1.40. The first-order valence-electron chi connectivity index (χ1n) is 4.77. The number of hydrogen-bond donors (Lipinski definition) is 2. The third-order valence-corrected chi connectivity index (χ3v) is 2.33. The maximum atomic E-state index is 13.5. The molecule has 0 saturated carbocycles. The molecule has 0 saturated heterocycles. The molecule has 0 heterocycles. The third kappa shape index (κ3) is 2.37. The summed E-state index contributed by atoms with van der Waals surface area (Å²) >= 11 is 0. The summed E-state index contributed by atoms with van der Waals surface area (Å²) in [4.78, 5) is 11.4. The largest absolute Gasteiger partial charge is 0.465 e. The predicted octanol–water partition coefficient (Wildman–Crippen LogP) is 0.913. The predicted molar refractivity (Wildman–Crippen MR) is 56.5 cm³/mol. The molecule has 0 aliphatic heterocycles. The lowest BCUT2D eigenvalue weighted by Gasteiger charge is -2.12. The summed E-state index contributed by atoms with van der Waals surface area (Å²) in [6.45, 7) is 1.48. The number of aliphatic hydroxyl groups excluding tert-OH is 1. The van der Waals surface area contributed by atoms with Crippen LogP contribution in [0.15, 0.2) is 12.1 Å². The van der Waals surface area contributed by atoms with Gasteiger partial charge in [-0.1, -0.05) is 0 Å². The Labute approximate surface area is 92.8 Å². The van der Waals surface area contributed by atoms with Gasteiger partial charge in [-0.15, -0.1) is 0 Å². The van der Waals surface area contributed by atoms with Crippen molar-refractivity contribution in [1.82, 2.24) is 0 Å². The molecule has 0 fully saturated rings. The Bertz CT molecular complexity index is 406. The second-order valence-electron chi connectivity index (χ2n) is 3.43. The van der Waals surface area contributed by atoms with Crippen molar-refractivity contribution >= 4 is 5.97 Å². The van der Waals surface area contributed by atoms with Gasteiger partial charge in [-0.2, -0.15) is 0 Å². The van der Waals surface area contributed by atoms with E-state index in [1.807, 2.05) is 0 Å². The standard InChI is InChI=1S/C11H14FNO3/c1-6-3-9(12)8(10(14)5-13)4-7(6)11(15)16-2/h3-4,10,14H,5,13H2,1-2H3. The number of benzene rings is 1. The lowest BCUT2D eigenvalue weighted by molar-refractivity contribution is 0.0599. The van der Waals surface area contributed by atoms with Crippen molar-refractivity contribution in [1.29, 1.82) is 0 Å². The molecule has 1 atom stereocenters. The number of carbonyl (C=O) groups excluding carboxylic acids is 1. The molecule has 1 aromatic rings. The maximum absolute atomic E-state index is 13.5. The van der Waals surface area contributed by atoms with Crippen LogP contribution in [0.5, 0.6) is 0 Å². The molecule has 1 rings (SSSR count). The van der Waals surface area contributed by atoms with Crippen molar-refractivity contribution in [2.24, 2.45) is 5.73 Å². The van der Waals surface area contributed by atoms with Gasteiger partial charge >= 0.3 is 5.97 Å².